The second-order valence-electron chi connectivity index (χ2n) is 5.77. The fraction of sp³-hybridized carbons (Fsp3) is 0.211. The molecule has 0 spiro atoms. The number of hydrogen-bond donors (Lipinski definition) is 2. The number of nitrogens with zero attached hydrogens (tertiary/aromatic N) is 1. The van der Waals surface area contributed by atoms with E-state index in [1.807, 2.05) is 20.8 Å². The van der Waals surface area contributed by atoms with E-state index >= 15 is 0 Å². The van der Waals surface area contributed by atoms with Crippen LogP contribution in [0.2, 0.25) is 0 Å². The Morgan fingerprint density at radius 2 is 1.58 bits per heavy atom. The third-order valence-corrected chi connectivity index (χ3v) is 3.57. The quantitative estimate of drug-likeness (QED) is 0.669. The molecular weight excluding hydrogens is 302 g/mol. The Bertz CT molecular complexity index is 770. The Hall–Kier alpha value is -2.95. The molecule has 2 N–H and O–H groups in total. The first kappa shape index (κ1) is 17.4. The number of hydrogen-bond acceptors (Lipinski definition) is 3. The van der Waals surface area contributed by atoms with E-state index in [0.29, 0.717) is 11.3 Å². The maximum Gasteiger partial charge on any atom is 0.271 e. The Morgan fingerprint density at radius 3 is 2.12 bits per heavy atom. The molecule has 0 saturated heterocycles. The van der Waals surface area contributed by atoms with E-state index in [1.165, 1.54) is 12.5 Å². The number of carbonyl (C=O) groups is 2. The smallest absolute Gasteiger partial charge is 0.271 e. The second kappa shape index (κ2) is 7.55. The van der Waals surface area contributed by atoms with Gasteiger partial charge in [-0.15, -0.1) is 0 Å². The van der Waals surface area contributed by atoms with Gasteiger partial charge in [-0.1, -0.05) is 17.7 Å². The van der Waals surface area contributed by atoms with Crippen molar-refractivity contribution in [3.8, 4) is 0 Å². The molecule has 124 valence electrons. The van der Waals surface area contributed by atoms with E-state index in [9.17, 15) is 9.59 Å². The summed E-state index contributed by atoms with van der Waals surface area (Å²) in [5.41, 5.74) is 8.07. The molecule has 0 aromatic heterocycles. The maximum atomic E-state index is 12.1. The first-order chi connectivity index (χ1) is 11.4. The van der Waals surface area contributed by atoms with E-state index in [4.69, 9.17) is 0 Å². The highest BCUT2D eigenvalue weighted by atomic mass is 16.2. The molecule has 0 aliphatic rings. The largest absolute Gasteiger partial charge is 0.326 e. The van der Waals surface area contributed by atoms with Gasteiger partial charge in [0, 0.05) is 23.7 Å². The van der Waals surface area contributed by atoms with E-state index < -0.39 is 0 Å². The van der Waals surface area contributed by atoms with E-state index in [1.54, 1.807) is 30.5 Å². The lowest BCUT2D eigenvalue weighted by Crippen LogP contribution is -2.17. The van der Waals surface area contributed by atoms with Crippen LogP contribution in [0.4, 0.5) is 5.69 Å². The van der Waals surface area contributed by atoms with Crippen molar-refractivity contribution in [2.75, 3.05) is 5.32 Å². The molecule has 0 saturated carbocycles. The predicted octanol–water partition coefficient (Wildman–Crippen LogP) is 3.33. The zero-order chi connectivity index (χ0) is 17.7. The summed E-state index contributed by atoms with van der Waals surface area (Å²) in [4.78, 5) is 23.1. The van der Waals surface area contributed by atoms with Crippen molar-refractivity contribution in [2.45, 2.75) is 27.7 Å². The van der Waals surface area contributed by atoms with Gasteiger partial charge in [-0.2, -0.15) is 5.10 Å². The van der Waals surface area contributed by atoms with Crippen LogP contribution in [0.15, 0.2) is 41.5 Å². The Labute approximate surface area is 141 Å². The molecule has 0 radical (unpaired) electrons. The number of rotatable bonds is 4. The lowest BCUT2D eigenvalue weighted by molar-refractivity contribution is -0.114. The van der Waals surface area contributed by atoms with Crippen LogP contribution in [0.25, 0.3) is 0 Å². The average molecular weight is 323 g/mol. The summed E-state index contributed by atoms with van der Waals surface area (Å²) < 4.78 is 0. The highest BCUT2D eigenvalue weighted by Gasteiger charge is 2.05. The summed E-state index contributed by atoms with van der Waals surface area (Å²) in [5.74, 6) is -0.455. The van der Waals surface area contributed by atoms with Crippen molar-refractivity contribution in [1.29, 1.82) is 0 Å². The van der Waals surface area contributed by atoms with Crippen molar-refractivity contribution >= 4 is 23.7 Å². The van der Waals surface area contributed by atoms with Crippen LogP contribution >= 0.6 is 0 Å². The first-order valence-corrected chi connectivity index (χ1v) is 7.65. The molecule has 2 rings (SSSR count). The van der Waals surface area contributed by atoms with Gasteiger partial charge in [0.25, 0.3) is 5.91 Å². The number of hydrazone groups is 1. The topological polar surface area (TPSA) is 70.6 Å². The molecule has 2 amide bonds. The highest BCUT2D eigenvalue weighted by molar-refractivity contribution is 5.96. The average Bonchev–Trinajstić information content (AvgIpc) is 2.49. The molecule has 5 nitrogen and oxygen atoms in total. The van der Waals surface area contributed by atoms with E-state index in [-0.39, 0.29) is 11.8 Å². The molecule has 0 unspecified atom stereocenters. The highest BCUT2D eigenvalue weighted by Crippen LogP contribution is 2.14. The fourth-order valence-electron chi connectivity index (χ4n) is 2.52. The number of carbonyl (C=O) groups excluding carboxylic acids is 2. The number of benzene rings is 2. The van der Waals surface area contributed by atoms with Crippen LogP contribution in [0.1, 0.15) is 39.5 Å². The number of anilines is 1. The van der Waals surface area contributed by atoms with Gasteiger partial charge in [-0.25, -0.2) is 5.43 Å². The molecule has 0 aliphatic carbocycles. The van der Waals surface area contributed by atoms with Gasteiger partial charge in [0.2, 0.25) is 5.91 Å². The molecule has 0 bridgehead atoms. The Kier molecular flexibility index (Phi) is 5.47. The van der Waals surface area contributed by atoms with Crippen LogP contribution in [0.5, 0.6) is 0 Å². The summed E-state index contributed by atoms with van der Waals surface area (Å²) in [6.07, 6.45) is 1.66. The van der Waals surface area contributed by atoms with Crippen LogP contribution in [0, 0.1) is 20.8 Å². The SMILES string of the molecule is CC(=O)Nc1ccc(C(=O)N/N=C/c2c(C)cc(C)cc2C)cc1. The van der Waals surface area contributed by atoms with Crippen LogP contribution in [-0.4, -0.2) is 18.0 Å². The number of nitrogens with one attached hydrogen (secondary N) is 2. The molecule has 0 heterocycles. The van der Waals surface area contributed by atoms with Crippen molar-refractivity contribution in [3.63, 3.8) is 0 Å². The van der Waals surface area contributed by atoms with Gasteiger partial charge in [-0.05, 0) is 56.2 Å². The molecule has 2 aromatic rings. The second-order valence-corrected chi connectivity index (χ2v) is 5.77. The molecule has 0 atom stereocenters. The molecular formula is C19H21N3O2. The number of aryl methyl sites for hydroxylation is 3. The molecule has 0 fully saturated rings. The third-order valence-electron chi connectivity index (χ3n) is 3.57. The van der Waals surface area contributed by atoms with Crippen LogP contribution in [0.3, 0.4) is 0 Å². The van der Waals surface area contributed by atoms with Gasteiger partial charge in [0.15, 0.2) is 0 Å². The van der Waals surface area contributed by atoms with Crippen molar-refractivity contribution in [3.05, 3.63) is 64.2 Å². The van der Waals surface area contributed by atoms with Gasteiger partial charge in [0.1, 0.15) is 0 Å². The van der Waals surface area contributed by atoms with Gasteiger partial charge in [0.05, 0.1) is 6.21 Å². The zero-order valence-corrected chi connectivity index (χ0v) is 14.3. The first-order valence-electron chi connectivity index (χ1n) is 7.65. The zero-order valence-electron chi connectivity index (χ0n) is 14.3. The number of amides is 2. The van der Waals surface area contributed by atoms with Gasteiger partial charge >= 0.3 is 0 Å². The molecule has 0 aliphatic heterocycles. The van der Waals surface area contributed by atoms with Crippen LogP contribution in [-0.2, 0) is 4.79 Å². The third kappa shape index (κ3) is 4.52. The standard InChI is InChI=1S/C19H21N3O2/c1-12-9-13(2)18(14(3)10-12)11-20-22-19(24)16-5-7-17(8-6-16)21-15(4)23/h5-11H,1-4H3,(H,21,23)(H,22,24)/b20-11+. The summed E-state index contributed by atoms with van der Waals surface area (Å²) in [7, 11) is 0. The normalized spacial score (nSPS) is 10.7. The van der Waals surface area contributed by atoms with Crippen LogP contribution < -0.4 is 10.7 Å². The van der Waals surface area contributed by atoms with Crippen molar-refractivity contribution in [2.24, 2.45) is 5.10 Å². The lowest BCUT2D eigenvalue weighted by Gasteiger charge is -2.07. The van der Waals surface area contributed by atoms with E-state index in [0.717, 1.165) is 16.7 Å². The maximum absolute atomic E-state index is 12.1. The van der Waals surface area contributed by atoms with Gasteiger partial charge < -0.3 is 5.32 Å². The summed E-state index contributed by atoms with van der Waals surface area (Å²) in [6, 6.07) is 10.8. The van der Waals surface area contributed by atoms with Crippen molar-refractivity contribution in [1.82, 2.24) is 5.43 Å². The Morgan fingerprint density at radius 1 is 1.00 bits per heavy atom. The molecule has 24 heavy (non-hydrogen) atoms. The molecule has 2 aromatic carbocycles. The van der Waals surface area contributed by atoms with Crippen molar-refractivity contribution < 1.29 is 9.59 Å². The predicted molar refractivity (Wildman–Crippen MR) is 96.5 cm³/mol. The summed E-state index contributed by atoms with van der Waals surface area (Å²) in [6.45, 7) is 7.52. The lowest BCUT2D eigenvalue weighted by atomic mass is 10.0. The monoisotopic (exact) mass is 323 g/mol. The Balaban J connectivity index is 2.04. The molecule has 5 heteroatoms. The minimum atomic E-state index is -0.303. The minimum absolute atomic E-state index is 0.152. The summed E-state index contributed by atoms with van der Waals surface area (Å²) >= 11 is 0. The fourth-order valence-corrected chi connectivity index (χ4v) is 2.52. The summed E-state index contributed by atoms with van der Waals surface area (Å²) in [5, 5.41) is 6.70. The minimum Gasteiger partial charge on any atom is -0.326 e. The van der Waals surface area contributed by atoms with Gasteiger partial charge in [-0.3, -0.25) is 9.59 Å². The van der Waals surface area contributed by atoms with E-state index in [2.05, 4.69) is 28.0 Å².